The van der Waals surface area contributed by atoms with Crippen molar-refractivity contribution in [3.63, 3.8) is 0 Å². The molecule has 6 aromatic carbocycles. The van der Waals surface area contributed by atoms with E-state index in [1.807, 2.05) is 11.3 Å². The van der Waals surface area contributed by atoms with E-state index in [-0.39, 0.29) is 5.41 Å². The molecule has 0 N–H and O–H groups in total. The molecule has 42 heavy (non-hydrogen) atoms. The minimum Gasteiger partial charge on any atom is -0.310 e. The number of anilines is 3. The summed E-state index contributed by atoms with van der Waals surface area (Å²) >= 11 is 1.88. The standard InChI is InChI=1S/C40H33NS/c1-3-13-31(14-4-1)40(25-9-2-10-26-40)32-18-21-33(22-19-32)41(34-20-17-29-11-5-6-12-30(29)27-34)35-23-24-37-36-15-7-8-16-38(36)42-39(37)28-35/h1,3-8,11-24,27-28H,2,9-10,25-26H2. The topological polar surface area (TPSA) is 3.24 Å². The van der Waals surface area contributed by atoms with Crippen molar-refractivity contribution in [2.24, 2.45) is 0 Å². The third kappa shape index (κ3) is 4.30. The van der Waals surface area contributed by atoms with Crippen molar-refractivity contribution in [2.75, 3.05) is 4.90 Å². The summed E-state index contributed by atoms with van der Waals surface area (Å²) in [6, 6.07) is 51.9. The van der Waals surface area contributed by atoms with Crippen LogP contribution in [-0.4, -0.2) is 0 Å². The van der Waals surface area contributed by atoms with Crippen LogP contribution in [0.5, 0.6) is 0 Å². The minimum absolute atomic E-state index is 0.0990. The number of hydrogen-bond donors (Lipinski definition) is 0. The van der Waals surface area contributed by atoms with Gasteiger partial charge in [-0.2, -0.15) is 0 Å². The summed E-state index contributed by atoms with van der Waals surface area (Å²) < 4.78 is 2.66. The predicted octanol–water partition coefficient (Wildman–Crippen LogP) is 11.9. The van der Waals surface area contributed by atoms with Gasteiger partial charge in [0.2, 0.25) is 0 Å². The van der Waals surface area contributed by atoms with E-state index in [1.54, 1.807) is 0 Å². The Morgan fingerprint density at radius 1 is 0.452 bits per heavy atom. The summed E-state index contributed by atoms with van der Waals surface area (Å²) in [7, 11) is 0. The van der Waals surface area contributed by atoms with Gasteiger partial charge in [-0.25, -0.2) is 0 Å². The second-order valence-electron chi connectivity index (χ2n) is 11.7. The molecule has 1 saturated carbocycles. The monoisotopic (exact) mass is 559 g/mol. The van der Waals surface area contributed by atoms with Gasteiger partial charge < -0.3 is 4.90 Å². The lowest BCUT2D eigenvalue weighted by Crippen LogP contribution is -2.30. The Balaban J connectivity index is 1.27. The van der Waals surface area contributed by atoms with Crippen LogP contribution in [0.3, 0.4) is 0 Å². The summed E-state index contributed by atoms with van der Waals surface area (Å²) in [4.78, 5) is 2.43. The smallest absolute Gasteiger partial charge is 0.0476 e. The quantitative estimate of drug-likeness (QED) is 0.203. The van der Waals surface area contributed by atoms with Crippen molar-refractivity contribution in [2.45, 2.75) is 37.5 Å². The summed E-state index contributed by atoms with van der Waals surface area (Å²) in [6.07, 6.45) is 6.34. The van der Waals surface area contributed by atoms with Gasteiger partial charge >= 0.3 is 0 Å². The fourth-order valence-electron chi connectivity index (χ4n) is 7.20. The lowest BCUT2D eigenvalue weighted by atomic mass is 9.65. The van der Waals surface area contributed by atoms with Gasteiger partial charge in [-0.3, -0.25) is 0 Å². The Bertz CT molecular complexity index is 2010. The van der Waals surface area contributed by atoms with Gasteiger partial charge in [0.05, 0.1) is 0 Å². The first-order valence-electron chi connectivity index (χ1n) is 15.1. The fourth-order valence-corrected chi connectivity index (χ4v) is 8.34. The third-order valence-electron chi connectivity index (χ3n) is 9.32. The van der Waals surface area contributed by atoms with E-state index in [0.717, 1.165) is 0 Å². The van der Waals surface area contributed by atoms with Gasteiger partial charge in [0, 0.05) is 42.6 Å². The molecule has 8 rings (SSSR count). The van der Waals surface area contributed by atoms with Crippen LogP contribution in [0.15, 0.2) is 140 Å². The molecule has 1 fully saturated rings. The minimum atomic E-state index is 0.0990. The van der Waals surface area contributed by atoms with Crippen molar-refractivity contribution in [3.05, 3.63) is 151 Å². The Hall–Kier alpha value is -4.40. The first-order valence-corrected chi connectivity index (χ1v) is 16.0. The molecule has 1 aliphatic carbocycles. The summed E-state index contributed by atoms with van der Waals surface area (Å²) in [5, 5.41) is 5.18. The van der Waals surface area contributed by atoms with Crippen molar-refractivity contribution >= 4 is 59.3 Å². The molecule has 0 saturated heterocycles. The molecule has 0 aliphatic heterocycles. The van der Waals surface area contributed by atoms with Gasteiger partial charge in [-0.05, 0) is 77.2 Å². The predicted molar refractivity (Wildman–Crippen MR) is 182 cm³/mol. The number of fused-ring (bicyclic) bond motifs is 4. The number of nitrogens with zero attached hydrogens (tertiary/aromatic N) is 1. The zero-order valence-corrected chi connectivity index (χ0v) is 24.5. The highest BCUT2D eigenvalue weighted by atomic mass is 32.1. The molecule has 0 amide bonds. The van der Waals surface area contributed by atoms with Crippen LogP contribution in [0.4, 0.5) is 17.1 Å². The number of hydrogen-bond acceptors (Lipinski definition) is 2. The highest BCUT2D eigenvalue weighted by Crippen LogP contribution is 2.46. The highest BCUT2D eigenvalue weighted by molar-refractivity contribution is 7.25. The molecule has 0 atom stereocenters. The fraction of sp³-hybridized carbons (Fsp3) is 0.150. The number of benzene rings is 6. The lowest BCUT2D eigenvalue weighted by molar-refractivity contribution is 0.346. The molecule has 1 aromatic heterocycles. The molecule has 1 aliphatic rings. The van der Waals surface area contributed by atoms with Gasteiger partial charge in [-0.1, -0.05) is 116 Å². The Morgan fingerprint density at radius 2 is 1.07 bits per heavy atom. The summed E-state index contributed by atoms with van der Waals surface area (Å²) in [5.74, 6) is 0. The van der Waals surface area contributed by atoms with Gasteiger partial charge in [0.25, 0.3) is 0 Å². The maximum atomic E-state index is 2.43. The van der Waals surface area contributed by atoms with E-state index in [1.165, 1.54) is 91.2 Å². The zero-order chi connectivity index (χ0) is 27.9. The number of thiophene rings is 1. The van der Waals surface area contributed by atoms with E-state index in [0.29, 0.717) is 0 Å². The number of rotatable bonds is 5. The molecule has 204 valence electrons. The maximum Gasteiger partial charge on any atom is 0.0476 e. The molecule has 0 unspecified atom stereocenters. The van der Waals surface area contributed by atoms with Crippen LogP contribution >= 0.6 is 11.3 Å². The first kappa shape index (κ1) is 25.3. The molecule has 1 nitrogen and oxygen atoms in total. The van der Waals surface area contributed by atoms with E-state index in [2.05, 4.69) is 144 Å². The van der Waals surface area contributed by atoms with Crippen LogP contribution in [0.25, 0.3) is 30.9 Å². The van der Waals surface area contributed by atoms with Crippen molar-refractivity contribution in [3.8, 4) is 0 Å². The average molecular weight is 560 g/mol. The summed E-state index contributed by atoms with van der Waals surface area (Å²) in [5.41, 5.74) is 6.55. The Labute approximate surface area is 251 Å². The second kappa shape index (κ2) is 10.5. The molecule has 2 heteroatoms. The molecule has 7 aromatic rings. The van der Waals surface area contributed by atoms with E-state index in [4.69, 9.17) is 0 Å². The van der Waals surface area contributed by atoms with Gasteiger partial charge in [0.15, 0.2) is 0 Å². The van der Waals surface area contributed by atoms with Crippen molar-refractivity contribution in [1.29, 1.82) is 0 Å². The molecule has 0 bridgehead atoms. The van der Waals surface area contributed by atoms with Crippen molar-refractivity contribution in [1.82, 2.24) is 0 Å². The maximum absolute atomic E-state index is 2.43. The zero-order valence-electron chi connectivity index (χ0n) is 23.7. The first-order chi connectivity index (χ1) is 20.8. The van der Waals surface area contributed by atoms with Gasteiger partial charge in [0.1, 0.15) is 0 Å². The third-order valence-corrected chi connectivity index (χ3v) is 10.5. The van der Waals surface area contributed by atoms with Crippen LogP contribution in [-0.2, 0) is 5.41 Å². The molecule has 0 spiro atoms. The van der Waals surface area contributed by atoms with Gasteiger partial charge in [-0.15, -0.1) is 11.3 Å². The van der Waals surface area contributed by atoms with Crippen LogP contribution < -0.4 is 4.90 Å². The van der Waals surface area contributed by atoms with Crippen LogP contribution in [0.1, 0.15) is 43.2 Å². The van der Waals surface area contributed by atoms with Crippen LogP contribution in [0, 0.1) is 0 Å². The van der Waals surface area contributed by atoms with Crippen molar-refractivity contribution < 1.29 is 0 Å². The summed E-state index contributed by atoms with van der Waals surface area (Å²) in [6.45, 7) is 0. The highest BCUT2D eigenvalue weighted by Gasteiger charge is 2.35. The molecular formula is C40H33NS. The second-order valence-corrected chi connectivity index (χ2v) is 12.8. The van der Waals surface area contributed by atoms with E-state index < -0.39 is 0 Å². The van der Waals surface area contributed by atoms with E-state index in [9.17, 15) is 0 Å². The molecule has 0 radical (unpaired) electrons. The molecule has 1 heterocycles. The average Bonchev–Trinajstić information content (AvgIpc) is 3.44. The SMILES string of the molecule is c1ccc(C2(c3ccc(N(c4ccc5ccccc5c4)c4ccc5c(c4)sc4ccccc45)cc3)CCCCC2)cc1. The van der Waals surface area contributed by atoms with E-state index >= 15 is 0 Å². The molecular weight excluding hydrogens is 527 g/mol. The van der Waals surface area contributed by atoms with Crippen LogP contribution in [0.2, 0.25) is 0 Å². The normalized spacial score (nSPS) is 14.9. The largest absolute Gasteiger partial charge is 0.310 e. The Kier molecular flexibility index (Phi) is 6.30. The lowest BCUT2D eigenvalue weighted by Gasteiger charge is -2.39. The Morgan fingerprint density at radius 3 is 1.90 bits per heavy atom.